The number of hydrogen-bond donors (Lipinski definition) is 1. The normalized spacial score (nSPS) is 20.2. The molecule has 0 aromatic carbocycles. The molecule has 18 heavy (non-hydrogen) atoms. The highest BCUT2D eigenvalue weighted by Gasteiger charge is 2.26. The molecule has 1 fully saturated rings. The van der Waals surface area contributed by atoms with Crippen LogP contribution in [-0.4, -0.2) is 41.6 Å². The van der Waals surface area contributed by atoms with Crippen LogP contribution in [0, 0.1) is 0 Å². The molecule has 5 heteroatoms. The molecule has 1 aromatic rings. The van der Waals surface area contributed by atoms with Crippen molar-refractivity contribution < 1.29 is 0 Å². The van der Waals surface area contributed by atoms with Crippen LogP contribution >= 0.6 is 34.7 Å². The molecule has 2 nitrogen and oxygen atoms in total. The van der Waals surface area contributed by atoms with Gasteiger partial charge < -0.3 is 5.32 Å². The van der Waals surface area contributed by atoms with Gasteiger partial charge in [0.1, 0.15) is 0 Å². The number of thiophene rings is 1. The molecular weight excluding hydrogens is 284 g/mol. The zero-order valence-corrected chi connectivity index (χ0v) is 13.4. The molecule has 0 atom stereocenters. The molecule has 0 amide bonds. The third kappa shape index (κ3) is 4.74. The van der Waals surface area contributed by atoms with E-state index in [1.807, 2.05) is 6.07 Å². The van der Waals surface area contributed by atoms with Crippen LogP contribution in [-0.2, 0) is 6.54 Å². The first-order valence-corrected chi connectivity index (χ1v) is 8.54. The van der Waals surface area contributed by atoms with Crippen LogP contribution in [0.25, 0.3) is 0 Å². The standard InChI is InChI=1S/C13H21ClN2S2/c1-13(2)10-16(7-8-17-13)6-5-15-9-11-3-4-12(14)18-11/h3-4,15H,5-10H2,1-2H3. The second kappa shape index (κ2) is 6.62. The minimum Gasteiger partial charge on any atom is -0.311 e. The van der Waals surface area contributed by atoms with Gasteiger partial charge in [0.15, 0.2) is 0 Å². The Balaban J connectivity index is 1.63. The van der Waals surface area contributed by atoms with E-state index < -0.39 is 0 Å². The topological polar surface area (TPSA) is 15.3 Å². The Bertz CT molecular complexity index is 379. The predicted octanol–water partition coefficient (Wildman–Crippen LogP) is 3.32. The van der Waals surface area contributed by atoms with Crippen molar-refractivity contribution in [2.75, 3.05) is 31.9 Å². The second-order valence-electron chi connectivity index (χ2n) is 5.27. The molecule has 0 aliphatic carbocycles. The van der Waals surface area contributed by atoms with Crippen molar-refractivity contribution in [2.24, 2.45) is 0 Å². The Morgan fingerprint density at radius 1 is 1.44 bits per heavy atom. The molecule has 0 bridgehead atoms. The maximum atomic E-state index is 5.91. The van der Waals surface area contributed by atoms with E-state index in [1.54, 1.807) is 11.3 Å². The lowest BCUT2D eigenvalue weighted by molar-refractivity contribution is 0.260. The molecule has 2 rings (SSSR count). The van der Waals surface area contributed by atoms with Gasteiger partial charge >= 0.3 is 0 Å². The van der Waals surface area contributed by atoms with Gasteiger partial charge in [0.2, 0.25) is 0 Å². The number of hydrogen-bond acceptors (Lipinski definition) is 4. The van der Waals surface area contributed by atoms with Gasteiger partial charge in [-0.2, -0.15) is 11.8 Å². The molecule has 1 aliphatic rings. The molecule has 102 valence electrons. The van der Waals surface area contributed by atoms with E-state index in [2.05, 4.69) is 41.9 Å². The van der Waals surface area contributed by atoms with Crippen molar-refractivity contribution in [3.05, 3.63) is 21.3 Å². The van der Waals surface area contributed by atoms with Gasteiger partial charge in [-0.15, -0.1) is 11.3 Å². The SMILES string of the molecule is CC1(C)CN(CCNCc2ccc(Cl)s2)CCS1. The van der Waals surface area contributed by atoms with Gasteiger partial charge in [-0.25, -0.2) is 0 Å². The Morgan fingerprint density at radius 2 is 2.28 bits per heavy atom. The smallest absolute Gasteiger partial charge is 0.0931 e. The molecule has 0 saturated carbocycles. The van der Waals surface area contributed by atoms with E-state index in [9.17, 15) is 0 Å². The van der Waals surface area contributed by atoms with Crippen LogP contribution in [0.4, 0.5) is 0 Å². The van der Waals surface area contributed by atoms with E-state index in [4.69, 9.17) is 11.6 Å². The summed E-state index contributed by atoms with van der Waals surface area (Å²) in [6, 6.07) is 4.06. The Hall–Kier alpha value is 0.260. The highest BCUT2D eigenvalue weighted by molar-refractivity contribution is 8.00. The quantitative estimate of drug-likeness (QED) is 0.840. The van der Waals surface area contributed by atoms with Gasteiger partial charge in [-0.3, -0.25) is 4.90 Å². The summed E-state index contributed by atoms with van der Waals surface area (Å²) in [7, 11) is 0. The number of nitrogens with one attached hydrogen (secondary N) is 1. The van der Waals surface area contributed by atoms with Crippen molar-refractivity contribution in [3.63, 3.8) is 0 Å². The average molecular weight is 305 g/mol. The summed E-state index contributed by atoms with van der Waals surface area (Å²) < 4.78 is 1.29. The minimum absolute atomic E-state index is 0.416. The van der Waals surface area contributed by atoms with Crippen LogP contribution in [0.15, 0.2) is 12.1 Å². The number of thioether (sulfide) groups is 1. The maximum Gasteiger partial charge on any atom is 0.0931 e. The summed E-state index contributed by atoms with van der Waals surface area (Å²) >= 11 is 9.65. The van der Waals surface area contributed by atoms with Gasteiger partial charge in [0.05, 0.1) is 4.34 Å². The largest absolute Gasteiger partial charge is 0.311 e. The fourth-order valence-electron chi connectivity index (χ4n) is 2.20. The average Bonchev–Trinajstić information content (AvgIpc) is 2.69. The van der Waals surface area contributed by atoms with Gasteiger partial charge in [-0.1, -0.05) is 11.6 Å². The van der Waals surface area contributed by atoms with Crippen LogP contribution in [0.1, 0.15) is 18.7 Å². The zero-order chi connectivity index (χ0) is 13.0. The van der Waals surface area contributed by atoms with Crippen LogP contribution in [0.5, 0.6) is 0 Å². The summed E-state index contributed by atoms with van der Waals surface area (Å²) in [4.78, 5) is 3.87. The summed E-state index contributed by atoms with van der Waals surface area (Å²) in [5, 5.41) is 3.49. The van der Waals surface area contributed by atoms with Crippen molar-refractivity contribution in [1.82, 2.24) is 10.2 Å². The van der Waals surface area contributed by atoms with Crippen LogP contribution in [0.3, 0.4) is 0 Å². The Morgan fingerprint density at radius 3 is 2.94 bits per heavy atom. The molecule has 2 heterocycles. The van der Waals surface area contributed by atoms with Crippen molar-refractivity contribution in [2.45, 2.75) is 25.1 Å². The first kappa shape index (κ1) is 14.7. The molecule has 0 spiro atoms. The van der Waals surface area contributed by atoms with Gasteiger partial charge in [-0.05, 0) is 26.0 Å². The molecule has 1 saturated heterocycles. The van der Waals surface area contributed by atoms with E-state index in [1.165, 1.54) is 23.7 Å². The number of rotatable bonds is 5. The number of halogens is 1. The van der Waals surface area contributed by atoms with Crippen LogP contribution in [0.2, 0.25) is 4.34 Å². The molecule has 0 radical (unpaired) electrons. The van der Waals surface area contributed by atoms with E-state index in [0.717, 1.165) is 24.0 Å². The summed E-state index contributed by atoms with van der Waals surface area (Å²) in [6.45, 7) is 10.2. The summed E-state index contributed by atoms with van der Waals surface area (Å²) in [6.07, 6.45) is 0. The molecular formula is C13H21ClN2S2. The van der Waals surface area contributed by atoms with E-state index >= 15 is 0 Å². The first-order chi connectivity index (χ1) is 8.55. The predicted molar refractivity (Wildman–Crippen MR) is 84.0 cm³/mol. The summed E-state index contributed by atoms with van der Waals surface area (Å²) in [5.74, 6) is 1.26. The zero-order valence-electron chi connectivity index (χ0n) is 11.0. The third-order valence-corrected chi connectivity index (χ3v) is 5.57. The first-order valence-electron chi connectivity index (χ1n) is 6.36. The van der Waals surface area contributed by atoms with Crippen molar-refractivity contribution in [1.29, 1.82) is 0 Å². The lowest BCUT2D eigenvalue weighted by Crippen LogP contribution is -2.45. The Labute approximate surface area is 123 Å². The lowest BCUT2D eigenvalue weighted by atomic mass is 10.2. The lowest BCUT2D eigenvalue weighted by Gasteiger charge is -2.37. The van der Waals surface area contributed by atoms with Gasteiger partial charge in [0, 0.05) is 48.1 Å². The fraction of sp³-hybridized carbons (Fsp3) is 0.692. The molecule has 1 aliphatic heterocycles. The number of nitrogens with zero attached hydrogens (tertiary/aromatic N) is 1. The van der Waals surface area contributed by atoms with Gasteiger partial charge in [0.25, 0.3) is 0 Å². The van der Waals surface area contributed by atoms with Crippen molar-refractivity contribution >= 4 is 34.7 Å². The Kier molecular flexibility index (Phi) is 5.39. The molecule has 1 N–H and O–H groups in total. The minimum atomic E-state index is 0.416. The monoisotopic (exact) mass is 304 g/mol. The highest BCUT2D eigenvalue weighted by Crippen LogP contribution is 2.29. The third-order valence-electron chi connectivity index (χ3n) is 3.04. The fourth-order valence-corrected chi connectivity index (χ4v) is 4.43. The highest BCUT2D eigenvalue weighted by atomic mass is 35.5. The summed E-state index contributed by atoms with van der Waals surface area (Å²) in [5.41, 5.74) is 0. The second-order valence-corrected chi connectivity index (χ2v) is 8.87. The maximum absolute atomic E-state index is 5.91. The van der Waals surface area contributed by atoms with Crippen LogP contribution < -0.4 is 5.32 Å². The van der Waals surface area contributed by atoms with E-state index in [0.29, 0.717) is 4.75 Å². The molecule has 0 unspecified atom stereocenters. The van der Waals surface area contributed by atoms with E-state index in [-0.39, 0.29) is 0 Å². The molecule has 1 aromatic heterocycles. The van der Waals surface area contributed by atoms with Crippen molar-refractivity contribution in [3.8, 4) is 0 Å².